The summed E-state index contributed by atoms with van der Waals surface area (Å²) in [5, 5.41) is 2.76. The van der Waals surface area contributed by atoms with Gasteiger partial charge in [-0.05, 0) is 343 Å². The summed E-state index contributed by atoms with van der Waals surface area (Å²) >= 11 is 0. The molecule has 0 bridgehead atoms. The van der Waals surface area contributed by atoms with Crippen LogP contribution in [-0.2, 0) is 97.1 Å². The number of rotatable bonds is 32. The lowest BCUT2D eigenvalue weighted by molar-refractivity contribution is -0.138. The number of amides is 5. The number of likely N-dealkylation sites (N-methyl/N-ethyl adjacent to an activating group) is 3. The Morgan fingerprint density at radius 1 is 0.440 bits per heavy atom. The second-order valence-corrected chi connectivity index (χ2v) is 56.5. The van der Waals surface area contributed by atoms with Crippen molar-refractivity contribution >= 4 is 70.4 Å². The summed E-state index contributed by atoms with van der Waals surface area (Å²) in [6, 6.07) is 45.9. The molecule has 1 aliphatic rings. The van der Waals surface area contributed by atoms with Crippen molar-refractivity contribution in [3.05, 3.63) is 168 Å². The fourth-order valence-corrected chi connectivity index (χ4v) is 19.7. The van der Waals surface area contributed by atoms with Crippen molar-refractivity contribution in [2.24, 2.45) is 5.92 Å². The molecule has 870 valence electrons. The first-order valence-electron chi connectivity index (χ1n) is 53.2. The third-order valence-corrected chi connectivity index (χ3v) is 28.9. The molecule has 0 radical (unpaired) electrons. The lowest BCUT2D eigenvalue weighted by atomic mass is 10.0. The number of aryl methyl sites for hydroxylation is 1. The van der Waals surface area contributed by atoms with Gasteiger partial charge < -0.3 is 44.0 Å². The van der Waals surface area contributed by atoms with E-state index in [4.69, 9.17) is 9.47 Å². The Bertz CT molecular complexity index is 4820. The fourth-order valence-electron chi connectivity index (χ4n) is 14.1. The van der Waals surface area contributed by atoms with Crippen molar-refractivity contribution in [2.75, 3.05) is 141 Å². The molecule has 0 saturated carbocycles. The van der Waals surface area contributed by atoms with E-state index in [1.165, 1.54) is 52.5 Å². The Kier molecular flexibility index (Phi) is 72.7. The zero-order valence-corrected chi connectivity index (χ0v) is 107. The van der Waals surface area contributed by atoms with E-state index in [2.05, 4.69) is 206 Å². The third-order valence-electron chi connectivity index (χ3n) is 22.3. The van der Waals surface area contributed by atoms with Gasteiger partial charge >= 0.3 is 0 Å². The van der Waals surface area contributed by atoms with Gasteiger partial charge in [0.1, 0.15) is 13.2 Å². The molecule has 0 aromatic heterocycles. The predicted molar refractivity (Wildman–Crippen MR) is 635 cm³/mol. The van der Waals surface area contributed by atoms with Crippen LogP contribution < -0.4 is 19.5 Å². The number of benzene rings is 5. The number of carbonyl (C=O) groups is 5. The van der Waals surface area contributed by atoms with Crippen LogP contribution in [0.1, 0.15) is 332 Å². The van der Waals surface area contributed by atoms with Crippen molar-refractivity contribution in [1.82, 2.24) is 63.6 Å². The molecule has 5 amide bonds. The first-order chi connectivity index (χ1) is 68.0. The van der Waals surface area contributed by atoms with Crippen LogP contribution in [0.25, 0.3) is 0 Å². The van der Waals surface area contributed by atoms with E-state index in [0.29, 0.717) is 65.1 Å². The maximum absolute atomic E-state index is 12.0. The number of nitrogens with one attached hydrogen (secondary N) is 4. The van der Waals surface area contributed by atoms with Crippen LogP contribution in [0.4, 0.5) is 0 Å². The highest BCUT2D eigenvalue weighted by Crippen LogP contribution is 2.24. The number of sulfone groups is 1. The molecule has 5 aromatic carbocycles. The molecule has 32 heteroatoms. The van der Waals surface area contributed by atoms with Gasteiger partial charge in [0.15, 0.2) is 9.84 Å². The number of methoxy groups -OCH3 is 3. The molecule has 4 N–H and O–H groups in total. The van der Waals surface area contributed by atoms with Gasteiger partial charge in [-0.15, -0.1) is 0 Å². The second-order valence-electron chi connectivity index (χ2n) is 49.8. The van der Waals surface area contributed by atoms with Gasteiger partial charge in [0, 0.05) is 174 Å². The van der Waals surface area contributed by atoms with Crippen LogP contribution in [0.5, 0.6) is 0 Å². The summed E-state index contributed by atoms with van der Waals surface area (Å²) in [7, 11) is 1.53. The Hall–Kier alpha value is -6.99. The maximum Gasteiger partial charge on any atom is 0.248 e. The average molecular weight is 2190 g/mol. The van der Waals surface area contributed by atoms with E-state index in [-0.39, 0.29) is 93.0 Å². The Balaban J connectivity index is -0.000000517. The lowest BCUT2D eigenvalue weighted by Gasteiger charge is -2.42. The Labute approximate surface area is 921 Å². The molecule has 1 saturated heterocycles. The first-order valence-corrected chi connectivity index (χ1v) is 59.3. The number of piperazine rings is 1. The average Bonchev–Trinajstić information content (AvgIpc) is 0.819. The monoisotopic (exact) mass is 2190 g/mol. The van der Waals surface area contributed by atoms with E-state index in [1.807, 2.05) is 262 Å². The summed E-state index contributed by atoms with van der Waals surface area (Å²) in [6.07, 6.45) is 2.86. The standard InChI is InChI=1S/C15H24N2.C14H23NO2S.C12H26N2O2.2C11H17NO2S.C11H17NOS.C11H25N.C10H21NO.C8H17NO2.C8H17NO.C7H15NO2/c1-15(2,3)17-11-9-16(10-12-17)13-14-7-5-4-6-8-14;1-14(2,3)15(4)11-8-12-18(16,17)13-9-6-5-7-10-13;1-7-14(12(2,3)4)11(15)10-13(5)8-9-16-6;1-9-5-7-10(8-6-9)15(13,14)12-11(2,3)4;1-11(2,3)12-15(13,14)9-10-7-5-4-6-8-10;1-11(2,3)12-14(13)9-10-7-5-4-6-8-10;1-9(2)8-12(10(3)4)11(5,6)7;1-6-8-9(12)11(7-2)10(3,4)5;1-8(2,3)9(4)7(10)6-11-5;1-6-7(10)9(5)8(2,3)4;1-7(2,3)8-6(9)5-10-4/h4-8H,9-13H2,1-3H3;5-7,9-10H,8,11-12H2,1-4H3;7-10H2,1-6H3;5-8,12H,1-4H3;4-8,12H,9H2,1-3H3;4-8,12H,9H2,1-3H3;9-10H,8H2,1-7H3;6-8H2,1-5H3;6H2,1-5H3;6H2,1-5H3;5H2,1-4H3,(H,8,9). The quantitative estimate of drug-likeness (QED) is 0.0311. The minimum Gasteiger partial charge on any atom is -0.383 e. The normalized spacial score (nSPS) is 13.2. The molecule has 0 spiro atoms. The minimum atomic E-state index is -3.38. The highest BCUT2D eigenvalue weighted by atomic mass is 32.2. The minimum absolute atomic E-state index is 0.0139. The number of hydrogen-bond acceptors (Lipinski definition) is 20. The van der Waals surface area contributed by atoms with Crippen molar-refractivity contribution in [2.45, 2.75) is 411 Å². The Morgan fingerprint density at radius 2 is 0.853 bits per heavy atom. The molecular formula is C118H219N13O15S4. The molecule has 1 unspecified atom stereocenters. The van der Waals surface area contributed by atoms with Gasteiger partial charge in [-0.1, -0.05) is 155 Å². The number of ether oxygens (including phenoxy) is 3. The highest BCUT2D eigenvalue weighted by molar-refractivity contribution is 7.91. The van der Waals surface area contributed by atoms with Crippen LogP contribution in [0.15, 0.2) is 155 Å². The van der Waals surface area contributed by atoms with Crippen LogP contribution in [-0.4, -0.2) is 311 Å². The lowest BCUT2D eigenvalue weighted by Crippen LogP contribution is -2.53. The van der Waals surface area contributed by atoms with E-state index in [9.17, 15) is 53.4 Å². The van der Waals surface area contributed by atoms with E-state index in [0.717, 1.165) is 61.8 Å². The van der Waals surface area contributed by atoms with Gasteiger partial charge in [-0.3, -0.25) is 43.6 Å². The molecule has 5 aromatic rings. The molecule has 0 aliphatic carbocycles. The summed E-state index contributed by atoms with van der Waals surface area (Å²) < 4.78 is 105. The maximum atomic E-state index is 12.0. The summed E-state index contributed by atoms with van der Waals surface area (Å²) in [4.78, 5) is 76.5. The SMILES string of the molecule is CC(C)(C)N1CCN(Cc2ccccc2)CC1.CC(C)(C)NS(=O)(=O)Cc1ccccc1.CC(C)(C)NS(=O)Cc1ccccc1.CC(C)CN(C(C)C)C(C)(C)C.CCC(=O)N(C)C(C)(C)C.CCCC(=O)N(CC)C(C)(C)C.CCN(C(=O)CN(C)CCOC)C(C)(C)C.CN(CCCS(=O)(=O)c1ccccc1)C(C)(C)C.COCC(=O)N(C)C(C)(C)C.COCC(=O)NC(C)(C)C.Cc1ccc(S(=O)(=O)NC(C)(C)C)cc1. The summed E-state index contributed by atoms with van der Waals surface area (Å²) in [6.45, 7) is 97.9. The summed E-state index contributed by atoms with van der Waals surface area (Å²) in [5.74, 6) is 2.15. The van der Waals surface area contributed by atoms with Gasteiger partial charge in [-0.2, -0.15) is 0 Å². The van der Waals surface area contributed by atoms with Gasteiger partial charge in [0.05, 0.1) is 51.2 Å². The Morgan fingerprint density at radius 3 is 1.19 bits per heavy atom. The number of sulfonamides is 2. The molecule has 6 rings (SSSR count). The van der Waals surface area contributed by atoms with Crippen molar-refractivity contribution in [1.29, 1.82) is 0 Å². The molecular weight excluding hydrogens is 1970 g/mol. The van der Waals surface area contributed by atoms with Crippen LogP contribution in [0.3, 0.4) is 0 Å². The molecule has 28 nitrogen and oxygen atoms in total. The molecule has 1 aliphatic heterocycles. The highest BCUT2D eigenvalue weighted by Gasteiger charge is 2.32. The molecule has 150 heavy (non-hydrogen) atoms. The zero-order valence-electron chi connectivity index (χ0n) is 104. The topological polar surface area (TPSA) is 310 Å². The van der Waals surface area contributed by atoms with Crippen LogP contribution in [0, 0.1) is 12.8 Å². The fraction of sp³-hybridized carbons (Fsp3) is 0.703. The van der Waals surface area contributed by atoms with Crippen LogP contribution in [0.2, 0.25) is 0 Å². The van der Waals surface area contributed by atoms with Gasteiger partial charge in [0.25, 0.3) is 0 Å². The zero-order chi connectivity index (χ0) is 118. The summed E-state index contributed by atoms with van der Waals surface area (Å²) in [5.41, 5.74) is 3.66. The molecule has 1 heterocycles. The molecule has 1 atom stereocenters. The first kappa shape index (κ1) is 151. The number of hydrogen-bond donors (Lipinski definition) is 4. The van der Waals surface area contributed by atoms with Crippen molar-refractivity contribution < 1.29 is 67.6 Å². The van der Waals surface area contributed by atoms with Crippen molar-refractivity contribution in [3.8, 4) is 0 Å². The largest absolute Gasteiger partial charge is 0.383 e. The van der Waals surface area contributed by atoms with Crippen LogP contribution >= 0.6 is 0 Å². The van der Waals surface area contributed by atoms with E-state index in [1.54, 1.807) is 72.5 Å². The predicted octanol–water partition coefficient (Wildman–Crippen LogP) is 21.3. The van der Waals surface area contributed by atoms with Crippen molar-refractivity contribution in [3.63, 3.8) is 0 Å². The van der Waals surface area contributed by atoms with E-state index < -0.39 is 51.9 Å². The third kappa shape index (κ3) is 78.2. The molecule has 1 fully saturated rings. The number of nitrogens with zero attached hydrogens (tertiary/aromatic N) is 9. The van der Waals surface area contributed by atoms with E-state index >= 15 is 0 Å². The van der Waals surface area contributed by atoms with Gasteiger partial charge in [-0.25, -0.2) is 43.6 Å². The number of carbonyl (C=O) groups excluding carboxylic acids is 5. The second kappa shape index (κ2) is 72.0. The van der Waals surface area contributed by atoms with Gasteiger partial charge in [0.2, 0.25) is 49.6 Å². The smallest absolute Gasteiger partial charge is 0.248 e.